The number of piperidine rings is 1. The summed E-state index contributed by atoms with van der Waals surface area (Å²) in [5.41, 5.74) is 0. The van der Waals surface area contributed by atoms with Gasteiger partial charge in [-0.1, -0.05) is 0 Å². The molecular weight excluding hydrogens is 282 g/mol. The highest BCUT2D eigenvalue weighted by Gasteiger charge is 2.27. The summed E-state index contributed by atoms with van der Waals surface area (Å²) < 4.78 is 10.7. The monoisotopic (exact) mass is 307 g/mol. The lowest BCUT2D eigenvalue weighted by Gasteiger charge is -2.29. The number of nitrogens with one attached hydrogen (secondary N) is 2. The summed E-state index contributed by atoms with van der Waals surface area (Å²) >= 11 is 0. The molecule has 22 heavy (non-hydrogen) atoms. The van der Waals surface area contributed by atoms with Crippen molar-refractivity contribution in [3.05, 3.63) is 24.5 Å². The number of rotatable bonds is 8. The maximum atomic E-state index is 12.1. The Morgan fingerprint density at radius 3 is 3.18 bits per heavy atom. The van der Waals surface area contributed by atoms with Gasteiger partial charge in [0, 0.05) is 45.5 Å². The first-order valence-corrected chi connectivity index (χ1v) is 7.79. The molecule has 0 unspecified atom stereocenters. The summed E-state index contributed by atoms with van der Waals surface area (Å²) in [5, 5.41) is 6.29. The second kappa shape index (κ2) is 9.38. The van der Waals surface area contributed by atoms with Crippen LogP contribution < -0.4 is 15.4 Å². The molecule has 1 aromatic rings. The molecule has 0 saturated carbocycles. The summed E-state index contributed by atoms with van der Waals surface area (Å²) in [5.74, 6) is 1.24. The standard InChI is InChI=1S/C16H25N3O3/c1-21-7-3-6-19-16(20)14-8-13(9-18-10-14)12-22-15-4-2-5-17-11-15/h2,4-5,11,13-14,18H,3,6-10,12H2,1H3,(H,19,20)/t13-,14+/m0/s1. The number of nitrogens with zero attached hydrogens (tertiary/aromatic N) is 1. The predicted octanol–water partition coefficient (Wildman–Crippen LogP) is 0.839. The first kappa shape index (κ1) is 16.7. The maximum absolute atomic E-state index is 12.1. The van der Waals surface area contributed by atoms with E-state index < -0.39 is 0 Å². The smallest absolute Gasteiger partial charge is 0.224 e. The Morgan fingerprint density at radius 1 is 1.50 bits per heavy atom. The molecule has 2 heterocycles. The van der Waals surface area contributed by atoms with E-state index in [1.807, 2.05) is 12.1 Å². The number of hydrogen-bond acceptors (Lipinski definition) is 5. The van der Waals surface area contributed by atoms with E-state index in [0.29, 0.717) is 25.7 Å². The van der Waals surface area contributed by atoms with Crippen molar-refractivity contribution in [1.82, 2.24) is 15.6 Å². The summed E-state index contributed by atoms with van der Waals surface area (Å²) in [6.45, 7) is 3.56. The van der Waals surface area contributed by atoms with Crippen LogP contribution in [0.15, 0.2) is 24.5 Å². The molecule has 0 bridgehead atoms. The van der Waals surface area contributed by atoms with Gasteiger partial charge in [0.2, 0.25) is 5.91 Å². The average Bonchev–Trinajstić information content (AvgIpc) is 2.58. The Hall–Kier alpha value is -1.66. The van der Waals surface area contributed by atoms with E-state index in [1.165, 1.54) is 0 Å². The van der Waals surface area contributed by atoms with Crippen molar-refractivity contribution < 1.29 is 14.3 Å². The normalized spacial score (nSPS) is 21.3. The van der Waals surface area contributed by atoms with Crippen LogP contribution in [0.1, 0.15) is 12.8 Å². The van der Waals surface area contributed by atoms with Gasteiger partial charge in [-0.15, -0.1) is 0 Å². The van der Waals surface area contributed by atoms with E-state index in [1.54, 1.807) is 19.5 Å². The molecule has 1 amide bonds. The lowest BCUT2D eigenvalue weighted by Crippen LogP contribution is -2.45. The number of carbonyl (C=O) groups is 1. The van der Waals surface area contributed by atoms with Crippen LogP contribution in [0.4, 0.5) is 0 Å². The van der Waals surface area contributed by atoms with Crippen molar-refractivity contribution >= 4 is 5.91 Å². The van der Waals surface area contributed by atoms with E-state index in [2.05, 4.69) is 15.6 Å². The summed E-state index contributed by atoms with van der Waals surface area (Å²) in [6.07, 6.45) is 5.12. The van der Waals surface area contributed by atoms with Crippen LogP contribution in [-0.2, 0) is 9.53 Å². The fourth-order valence-electron chi connectivity index (χ4n) is 2.58. The third-order valence-corrected chi connectivity index (χ3v) is 3.76. The third-order valence-electron chi connectivity index (χ3n) is 3.76. The molecule has 1 aromatic heterocycles. The molecule has 2 rings (SSSR count). The number of ether oxygens (including phenoxy) is 2. The fourth-order valence-corrected chi connectivity index (χ4v) is 2.58. The molecule has 122 valence electrons. The van der Waals surface area contributed by atoms with E-state index >= 15 is 0 Å². The molecule has 0 aromatic carbocycles. The lowest BCUT2D eigenvalue weighted by atomic mass is 9.90. The zero-order valence-electron chi connectivity index (χ0n) is 13.1. The Labute approximate surface area is 131 Å². The minimum absolute atomic E-state index is 0.0128. The summed E-state index contributed by atoms with van der Waals surface area (Å²) in [7, 11) is 1.67. The van der Waals surface area contributed by atoms with Crippen molar-refractivity contribution in [3.63, 3.8) is 0 Å². The number of pyridine rings is 1. The quantitative estimate of drug-likeness (QED) is 0.696. The average molecular weight is 307 g/mol. The zero-order valence-corrected chi connectivity index (χ0v) is 13.1. The van der Waals surface area contributed by atoms with Crippen LogP contribution in [0.3, 0.4) is 0 Å². The molecule has 0 aliphatic carbocycles. The van der Waals surface area contributed by atoms with E-state index in [-0.39, 0.29) is 11.8 Å². The Balaban J connectivity index is 1.70. The van der Waals surface area contributed by atoms with Gasteiger partial charge in [-0.05, 0) is 25.0 Å². The molecule has 1 fully saturated rings. The van der Waals surface area contributed by atoms with Crippen LogP contribution in [-0.4, -0.2) is 50.8 Å². The molecule has 0 spiro atoms. The number of carbonyl (C=O) groups excluding carboxylic acids is 1. The van der Waals surface area contributed by atoms with Crippen molar-refractivity contribution in [3.8, 4) is 5.75 Å². The second-order valence-corrected chi connectivity index (χ2v) is 5.59. The van der Waals surface area contributed by atoms with Crippen LogP contribution >= 0.6 is 0 Å². The molecule has 2 N–H and O–H groups in total. The Kier molecular flexibility index (Phi) is 7.12. The molecule has 0 radical (unpaired) electrons. The van der Waals surface area contributed by atoms with Gasteiger partial charge < -0.3 is 20.1 Å². The summed E-state index contributed by atoms with van der Waals surface area (Å²) in [6, 6.07) is 3.74. The minimum Gasteiger partial charge on any atom is -0.492 e. The van der Waals surface area contributed by atoms with Crippen molar-refractivity contribution in [2.24, 2.45) is 11.8 Å². The Morgan fingerprint density at radius 2 is 2.41 bits per heavy atom. The first-order chi connectivity index (χ1) is 10.8. The number of methoxy groups -OCH3 is 1. The minimum atomic E-state index is 0.0128. The first-order valence-electron chi connectivity index (χ1n) is 7.79. The van der Waals surface area contributed by atoms with Gasteiger partial charge in [-0.3, -0.25) is 9.78 Å². The maximum Gasteiger partial charge on any atom is 0.224 e. The number of aromatic nitrogens is 1. The van der Waals surface area contributed by atoms with E-state index in [0.717, 1.165) is 31.7 Å². The topological polar surface area (TPSA) is 72.5 Å². The molecule has 1 aliphatic rings. The van der Waals surface area contributed by atoms with Crippen molar-refractivity contribution in [1.29, 1.82) is 0 Å². The van der Waals surface area contributed by atoms with Crippen LogP contribution in [0.2, 0.25) is 0 Å². The highest BCUT2D eigenvalue weighted by molar-refractivity contribution is 5.78. The van der Waals surface area contributed by atoms with Crippen LogP contribution in [0.5, 0.6) is 5.75 Å². The molecule has 6 nitrogen and oxygen atoms in total. The molecule has 1 saturated heterocycles. The lowest BCUT2D eigenvalue weighted by molar-refractivity contribution is -0.126. The van der Waals surface area contributed by atoms with Crippen molar-refractivity contribution in [2.45, 2.75) is 12.8 Å². The van der Waals surface area contributed by atoms with Crippen LogP contribution in [0.25, 0.3) is 0 Å². The third kappa shape index (κ3) is 5.61. The number of hydrogen-bond donors (Lipinski definition) is 2. The van der Waals surface area contributed by atoms with Gasteiger partial charge in [0.25, 0.3) is 0 Å². The van der Waals surface area contributed by atoms with Gasteiger partial charge in [-0.2, -0.15) is 0 Å². The second-order valence-electron chi connectivity index (χ2n) is 5.59. The predicted molar refractivity (Wildman–Crippen MR) is 83.7 cm³/mol. The molecule has 6 heteroatoms. The highest BCUT2D eigenvalue weighted by atomic mass is 16.5. The molecule has 2 atom stereocenters. The molecular formula is C16H25N3O3. The number of amides is 1. The van der Waals surface area contributed by atoms with Gasteiger partial charge in [-0.25, -0.2) is 0 Å². The summed E-state index contributed by atoms with van der Waals surface area (Å²) in [4.78, 5) is 16.2. The van der Waals surface area contributed by atoms with Gasteiger partial charge in [0.15, 0.2) is 0 Å². The SMILES string of the molecule is COCCCNC(=O)[C@H]1CNC[C@@H](COc2cccnc2)C1. The highest BCUT2D eigenvalue weighted by Crippen LogP contribution is 2.18. The van der Waals surface area contributed by atoms with E-state index in [4.69, 9.17) is 9.47 Å². The van der Waals surface area contributed by atoms with Crippen molar-refractivity contribution in [2.75, 3.05) is 40.0 Å². The largest absolute Gasteiger partial charge is 0.492 e. The van der Waals surface area contributed by atoms with E-state index in [9.17, 15) is 4.79 Å². The zero-order chi connectivity index (χ0) is 15.6. The Bertz CT molecular complexity index is 442. The van der Waals surface area contributed by atoms with Gasteiger partial charge in [0.05, 0.1) is 18.7 Å². The fraction of sp³-hybridized carbons (Fsp3) is 0.625. The molecule has 1 aliphatic heterocycles. The van der Waals surface area contributed by atoms with Crippen LogP contribution in [0, 0.1) is 11.8 Å². The van der Waals surface area contributed by atoms with Gasteiger partial charge in [0.1, 0.15) is 5.75 Å². The van der Waals surface area contributed by atoms with Gasteiger partial charge >= 0.3 is 0 Å².